The largest absolute Gasteiger partial charge is 0.481 e. The summed E-state index contributed by atoms with van der Waals surface area (Å²) in [6, 6.07) is 16.8. The fourth-order valence-corrected chi connectivity index (χ4v) is 5.40. The van der Waals surface area contributed by atoms with Gasteiger partial charge < -0.3 is 14.7 Å². The van der Waals surface area contributed by atoms with Crippen LogP contribution < -0.4 is 0 Å². The fourth-order valence-electron chi connectivity index (χ4n) is 3.44. The van der Waals surface area contributed by atoms with Gasteiger partial charge in [-0.1, -0.05) is 81.2 Å². The Bertz CT molecular complexity index is 952. The molecule has 1 aliphatic heterocycles. The number of amides is 1. The zero-order valence-corrected chi connectivity index (χ0v) is 23.9. The Balaban J connectivity index is 0.000000486. The highest BCUT2D eigenvalue weighted by Gasteiger charge is 2.36. The molecule has 1 aliphatic rings. The molecule has 3 rings (SSSR count). The van der Waals surface area contributed by atoms with Gasteiger partial charge >= 0.3 is 0 Å². The minimum Gasteiger partial charge on any atom is -0.481 e. The number of hydrogen-bond acceptors (Lipinski definition) is 4. The number of carbonyl (C=O) groups excluding carboxylic acids is 1. The quantitative estimate of drug-likeness (QED) is 0.435. The van der Waals surface area contributed by atoms with Gasteiger partial charge in [0, 0.05) is 44.8 Å². The van der Waals surface area contributed by atoms with Crippen molar-refractivity contribution < 1.29 is 23.6 Å². The lowest BCUT2D eigenvalue weighted by atomic mass is 10.0. The lowest BCUT2D eigenvalue weighted by Crippen LogP contribution is -2.51. The van der Waals surface area contributed by atoms with Crippen LogP contribution in [-0.2, 0) is 25.1 Å². The first-order valence-electron chi connectivity index (χ1n) is 11.9. The first-order valence-corrected chi connectivity index (χ1v) is 14.0. The highest BCUT2D eigenvalue weighted by atomic mass is 35.5. The van der Waals surface area contributed by atoms with Crippen molar-refractivity contribution in [3.8, 4) is 0 Å². The molecule has 1 heterocycles. The van der Waals surface area contributed by atoms with Crippen molar-refractivity contribution in [1.29, 1.82) is 0 Å². The van der Waals surface area contributed by atoms with Crippen molar-refractivity contribution in [2.45, 2.75) is 58.4 Å². The molecule has 2 aromatic carbocycles. The van der Waals surface area contributed by atoms with Crippen LogP contribution in [0, 0.1) is 5.92 Å². The number of morpholine rings is 1. The third-order valence-corrected chi connectivity index (χ3v) is 8.28. The molecule has 1 saturated heterocycles. The number of ether oxygens (including phenoxy) is 1. The van der Waals surface area contributed by atoms with E-state index in [-0.39, 0.29) is 29.8 Å². The van der Waals surface area contributed by atoms with Gasteiger partial charge in [0.15, 0.2) is 0 Å². The second-order valence-corrected chi connectivity index (χ2v) is 11.5. The lowest BCUT2D eigenvalue weighted by Gasteiger charge is -2.41. The monoisotopic (exact) mass is 557 g/mol. The molecule has 200 valence electrons. The van der Waals surface area contributed by atoms with E-state index in [2.05, 4.69) is 13.8 Å². The SMILES string of the molecule is CC(=O)O.CCC(CS(=O)C(C)C(C)C)N1C(=O)COCC1c1ccc(Cl)cc1.Clc1ccccc1. The summed E-state index contributed by atoms with van der Waals surface area (Å²) in [7, 11) is -0.972. The van der Waals surface area contributed by atoms with E-state index in [4.69, 9.17) is 37.8 Å². The van der Waals surface area contributed by atoms with E-state index in [9.17, 15) is 9.00 Å². The van der Waals surface area contributed by atoms with Gasteiger partial charge in [0.25, 0.3) is 5.97 Å². The first kappa shape index (κ1) is 32.1. The molecule has 36 heavy (non-hydrogen) atoms. The number of carboxylic acid groups (broad SMARTS) is 1. The molecule has 0 saturated carbocycles. The predicted molar refractivity (Wildman–Crippen MR) is 148 cm³/mol. The third-order valence-electron chi connectivity index (χ3n) is 5.69. The molecular weight excluding hydrogens is 521 g/mol. The van der Waals surface area contributed by atoms with Gasteiger partial charge in [0.05, 0.1) is 12.6 Å². The minimum atomic E-state index is -0.972. The van der Waals surface area contributed by atoms with Crippen LogP contribution in [0.4, 0.5) is 0 Å². The maximum atomic E-state index is 12.7. The molecule has 1 amide bonds. The summed E-state index contributed by atoms with van der Waals surface area (Å²) in [4.78, 5) is 23.5. The van der Waals surface area contributed by atoms with Gasteiger partial charge in [-0.2, -0.15) is 0 Å². The second kappa shape index (κ2) is 16.7. The van der Waals surface area contributed by atoms with Gasteiger partial charge in [-0.3, -0.25) is 13.8 Å². The van der Waals surface area contributed by atoms with Gasteiger partial charge in [-0.15, -0.1) is 0 Å². The smallest absolute Gasteiger partial charge is 0.300 e. The Hall–Kier alpha value is -1.93. The molecule has 4 unspecified atom stereocenters. The number of aliphatic carboxylic acids is 1. The van der Waals surface area contributed by atoms with Gasteiger partial charge in [0.2, 0.25) is 5.91 Å². The predicted octanol–water partition coefficient (Wildman–Crippen LogP) is 6.24. The van der Waals surface area contributed by atoms with E-state index >= 15 is 0 Å². The standard InChI is InChI=1S/C19H28ClNO3S.C6H5Cl.C2H4O2/c1-5-17(12-25(23)14(4)13(2)3)21-18(10-24-11-19(21)22)15-6-8-16(20)9-7-15;7-6-4-2-1-3-5-6;1-2(3)4/h6-9,13-14,17-18H,5,10-12H2,1-4H3;1-5H;1H3,(H,3,4). The van der Waals surface area contributed by atoms with Crippen LogP contribution in [0.15, 0.2) is 54.6 Å². The summed E-state index contributed by atoms with van der Waals surface area (Å²) in [5.74, 6) is -0.0101. The maximum Gasteiger partial charge on any atom is 0.300 e. The van der Waals surface area contributed by atoms with Crippen LogP contribution >= 0.6 is 23.2 Å². The summed E-state index contributed by atoms with van der Waals surface area (Å²) in [6.45, 7) is 9.86. The normalized spacial score (nSPS) is 17.7. The number of hydrogen-bond donors (Lipinski definition) is 1. The van der Waals surface area contributed by atoms with Crippen LogP contribution in [0.1, 0.15) is 52.6 Å². The molecule has 1 N–H and O–H groups in total. The number of benzene rings is 2. The van der Waals surface area contributed by atoms with Crippen LogP contribution in [0.25, 0.3) is 0 Å². The maximum absolute atomic E-state index is 12.7. The highest BCUT2D eigenvalue weighted by Crippen LogP contribution is 2.29. The Kier molecular flexibility index (Phi) is 14.9. The highest BCUT2D eigenvalue weighted by molar-refractivity contribution is 7.85. The topological polar surface area (TPSA) is 83.9 Å². The lowest BCUT2D eigenvalue weighted by molar-refractivity contribution is -0.151. The second-order valence-electron chi connectivity index (χ2n) is 8.76. The molecule has 2 aromatic rings. The molecule has 0 radical (unpaired) electrons. The van der Waals surface area contributed by atoms with E-state index in [1.54, 1.807) is 0 Å². The average Bonchev–Trinajstić information content (AvgIpc) is 2.83. The van der Waals surface area contributed by atoms with Crippen LogP contribution in [0.5, 0.6) is 0 Å². The van der Waals surface area contributed by atoms with Crippen molar-refractivity contribution >= 4 is 45.9 Å². The summed E-state index contributed by atoms with van der Waals surface area (Å²) >= 11 is 11.5. The summed E-state index contributed by atoms with van der Waals surface area (Å²) < 4.78 is 18.2. The molecule has 4 atom stereocenters. The van der Waals surface area contributed by atoms with Crippen molar-refractivity contribution in [1.82, 2.24) is 4.90 Å². The number of carbonyl (C=O) groups is 2. The number of carboxylic acids is 1. The van der Waals surface area contributed by atoms with Crippen molar-refractivity contribution in [2.24, 2.45) is 5.92 Å². The molecule has 6 nitrogen and oxygen atoms in total. The molecular formula is C27H37Cl2NO5S. The van der Waals surface area contributed by atoms with Gasteiger partial charge in [0.1, 0.15) is 6.61 Å². The molecule has 0 aromatic heterocycles. The molecule has 9 heteroatoms. The van der Waals surface area contributed by atoms with Crippen LogP contribution in [0.3, 0.4) is 0 Å². The Morgan fingerprint density at radius 2 is 1.61 bits per heavy atom. The molecule has 1 fully saturated rings. The summed E-state index contributed by atoms with van der Waals surface area (Å²) in [5, 5.41) is 8.99. The number of nitrogens with zero attached hydrogens (tertiary/aromatic N) is 1. The van der Waals surface area contributed by atoms with Crippen molar-refractivity contribution in [3.63, 3.8) is 0 Å². The number of rotatable bonds is 7. The minimum absolute atomic E-state index is 0.0350. The van der Waals surface area contributed by atoms with E-state index in [1.807, 2.05) is 73.3 Å². The summed E-state index contributed by atoms with van der Waals surface area (Å²) in [6.07, 6.45) is 0.770. The molecule has 0 bridgehead atoms. The fraction of sp³-hybridized carbons (Fsp3) is 0.481. The van der Waals surface area contributed by atoms with E-state index in [0.717, 1.165) is 23.9 Å². The number of halogens is 2. The van der Waals surface area contributed by atoms with Crippen molar-refractivity contribution in [3.05, 3.63) is 70.2 Å². The molecule has 0 spiro atoms. The van der Waals surface area contributed by atoms with Crippen LogP contribution in [-0.4, -0.2) is 56.4 Å². The molecule has 0 aliphatic carbocycles. The zero-order chi connectivity index (χ0) is 27.3. The zero-order valence-electron chi connectivity index (χ0n) is 21.5. The van der Waals surface area contributed by atoms with E-state index in [1.165, 1.54) is 0 Å². The Morgan fingerprint density at radius 3 is 2.06 bits per heavy atom. The Labute approximate surface area is 227 Å². The Morgan fingerprint density at radius 1 is 1.08 bits per heavy atom. The van der Waals surface area contributed by atoms with Crippen molar-refractivity contribution in [2.75, 3.05) is 19.0 Å². The first-order chi connectivity index (χ1) is 17.0. The van der Waals surface area contributed by atoms with Gasteiger partial charge in [-0.25, -0.2) is 0 Å². The average molecular weight is 559 g/mol. The third kappa shape index (κ3) is 11.4. The van der Waals surface area contributed by atoms with E-state index < -0.39 is 16.8 Å². The van der Waals surface area contributed by atoms with E-state index in [0.29, 0.717) is 23.3 Å². The van der Waals surface area contributed by atoms with Crippen LogP contribution in [0.2, 0.25) is 10.0 Å². The summed E-state index contributed by atoms with van der Waals surface area (Å²) in [5.41, 5.74) is 0.999. The van der Waals surface area contributed by atoms with Gasteiger partial charge in [-0.05, 0) is 42.2 Å².